The molecule has 0 atom stereocenters. The molecular weight excluding hydrogens is 543 g/mol. The van der Waals surface area contributed by atoms with Gasteiger partial charge in [-0.25, -0.2) is 8.42 Å². The fraction of sp³-hybridized carbons (Fsp3) is 0. The average Bonchev–Trinajstić information content (AvgIpc) is 3.24. The first-order chi connectivity index (χ1) is 20.1. The lowest BCUT2D eigenvalue weighted by Crippen LogP contribution is -2.09. The molecule has 0 spiro atoms. The van der Waals surface area contributed by atoms with Crippen LogP contribution in [0.5, 0.6) is 0 Å². The number of thioether (sulfide) groups is 1. The van der Waals surface area contributed by atoms with Gasteiger partial charge in [-0.05, 0) is 70.9 Å². The van der Waals surface area contributed by atoms with Crippen LogP contribution in [-0.2, 0) is 9.84 Å². The Balaban J connectivity index is 1.34. The van der Waals surface area contributed by atoms with Crippen LogP contribution in [0.25, 0.3) is 20.6 Å². The highest BCUT2D eigenvalue weighted by molar-refractivity contribution is 8.12. The van der Waals surface area contributed by atoms with E-state index in [1.54, 1.807) is 12.1 Å². The van der Waals surface area contributed by atoms with Crippen molar-refractivity contribution in [3.8, 4) is 0 Å². The number of para-hydroxylation sites is 2. The molecule has 0 saturated heterocycles. The van der Waals surface area contributed by atoms with Gasteiger partial charge in [0.05, 0.1) is 9.80 Å². The minimum absolute atomic E-state index is 0.356. The maximum absolute atomic E-state index is 14.0. The fourth-order valence-corrected chi connectivity index (χ4v) is 8.65. The first kappa shape index (κ1) is 25.4. The molecule has 1 aliphatic heterocycles. The van der Waals surface area contributed by atoms with Gasteiger partial charge in [-0.3, -0.25) is 0 Å². The maximum Gasteiger partial charge on any atom is 0.208 e. The third-order valence-corrected chi connectivity index (χ3v) is 10.4. The highest BCUT2D eigenvalue weighted by Gasteiger charge is 2.36. The van der Waals surface area contributed by atoms with Crippen LogP contribution in [0, 0.1) is 0 Å². The minimum atomic E-state index is -3.70. The molecule has 0 N–H and O–H groups in total. The molecule has 0 fully saturated rings. The zero-order valence-corrected chi connectivity index (χ0v) is 23.6. The Morgan fingerprint density at radius 2 is 1.07 bits per heavy atom. The third kappa shape index (κ3) is 4.63. The fourth-order valence-electron chi connectivity index (χ4n) is 5.34. The summed E-state index contributed by atoms with van der Waals surface area (Å²) in [7, 11) is -3.70. The molecule has 0 amide bonds. The summed E-state index contributed by atoms with van der Waals surface area (Å²) in [6.07, 6.45) is 0. The van der Waals surface area contributed by atoms with Crippen molar-refractivity contribution in [3.63, 3.8) is 0 Å². The summed E-state index contributed by atoms with van der Waals surface area (Å²) < 4.78 is 28.0. The molecule has 6 aromatic carbocycles. The van der Waals surface area contributed by atoms with Crippen LogP contribution in [0.15, 0.2) is 161 Å². The molecule has 0 bridgehead atoms. The monoisotopic (exact) mass is 567 g/mol. The van der Waals surface area contributed by atoms with Crippen LogP contribution < -0.4 is 4.90 Å². The van der Waals surface area contributed by atoms with Crippen molar-refractivity contribution in [1.29, 1.82) is 0 Å². The van der Waals surface area contributed by atoms with Gasteiger partial charge in [0, 0.05) is 32.4 Å². The van der Waals surface area contributed by atoms with Gasteiger partial charge in [0.1, 0.15) is 0 Å². The number of sulfone groups is 1. The molecule has 0 saturated carbocycles. The van der Waals surface area contributed by atoms with E-state index in [2.05, 4.69) is 59.5 Å². The van der Waals surface area contributed by atoms with Gasteiger partial charge < -0.3 is 4.90 Å². The molecule has 3 nitrogen and oxygen atoms in total. The lowest BCUT2D eigenvalue weighted by molar-refractivity contribution is 0.606. The van der Waals surface area contributed by atoms with Crippen molar-refractivity contribution in [2.45, 2.75) is 9.79 Å². The molecule has 41 heavy (non-hydrogen) atoms. The lowest BCUT2D eigenvalue weighted by atomic mass is 10.1. The Bertz CT molecular complexity index is 1980. The van der Waals surface area contributed by atoms with Crippen molar-refractivity contribution < 1.29 is 8.42 Å². The predicted molar refractivity (Wildman–Crippen MR) is 171 cm³/mol. The number of rotatable bonds is 6. The van der Waals surface area contributed by atoms with Crippen molar-refractivity contribution in [2.24, 2.45) is 0 Å². The van der Waals surface area contributed by atoms with Crippen molar-refractivity contribution in [3.05, 3.63) is 163 Å². The highest BCUT2D eigenvalue weighted by atomic mass is 32.2. The molecule has 0 unspecified atom stereocenters. The van der Waals surface area contributed by atoms with E-state index < -0.39 is 9.84 Å². The second-order valence-electron chi connectivity index (χ2n) is 9.82. The first-order valence-electron chi connectivity index (χ1n) is 13.4. The molecule has 0 aliphatic carbocycles. The summed E-state index contributed by atoms with van der Waals surface area (Å²) in [5.41, 5.74) is 4.43. The van der Waals surface area contributed by atoms with Gasteiger partial charge >= 0.3 is 0 Å². The van der Waals surface area contributed by atoms with E-state index in [1.807, 2.05) is 84.9 Å². The van der Waals surface area contributed by atoms with Crippen molar-refractivity contribution in [1.82, 2.24) is 0 Å². The van der Waals surface area contributed by atoms with Crippen LogP contribution in [0.2, 0.25) is 0 Å². The predicted octanol–water partition coefficient (Wildman–Crippen LogP) is 9.71. The molecule has 6 aromatic rings. The van der Waals surface area contributed by atoms with Gasteiger partial charge in [0.25, 0.3) is 0 Å². The number of nitrogens with zero attached hydrogens (tertiary/aromatic N) is 1. The molecule has 1 aliphatic rings. The molecular formula is C36H25NO2S2. The quantitative estimate of drug-likeness (QED) is 0.201. The Morgan fingerprint density at radius 3 is 1.76 bits per heavy atom. The van der Waals surface area contributed by atoms with E-state index in [4.69, 9.17) is 0 Å². The smallest absolute Gasteiger partial charge is 0.208 e. The Kier molecular flexibility index (Phi) is 6.46. The van der Waals surface area contributed by atoms with E-state index in [9.17, 15) is 8.42 Å². The molecule has 198 valence electrons. The standard InChI is InChI=1S/C36H25NO2S2/c38-41(39)34-18-10-9-17-33(34)35(40-32-24-21-26-11-7-8-12-28(26)25-32)36(41)27-19-22-31(23-20-27)37(29-13-3-1-4-14-29)30-15-5-2-6-16-30/h1-25H. The van der Waals surface area contributed by atoms with Gasteiger partial charge in [0.2, 0.25) is 9.84 Å². The summed E-state index contributed by atoms with van der Waals surface area (Å²) >= 11 is 1.51. The molecule has 1 heterocycles. The van der Waals surface area contributed by atoms with Gasteiger partial charge in [0.15, 0.2) is 0 Å². The van der Waals surface area contributed by atoms with Crippen LogP contribution in [-0.4, -0.2) is 8.42 Å². The Labute approximate surface area is 244 Å². The topological polar surface area (TPSA) is 37.4 Å². The van der Waals surface area contributed by atoms with E-state index >= 15 is 0 Å². The minimum Gasteiger partial charge on any atom is -0.311 e. The Hall–Kier alpha value is -4.58. The Morgan fingerprint density at radius 1 is 0.512 bits per heavy atom. The van der Waals surface area contributed by atoms with E-state index in [1.165, 1.54) is 11.8 Å². The van der Waals surface area contributed by atoms with Gasteiger partial charge in [-0.1, -0.05) is 109 Å². The SMILES string of the molecule is O=S1(=O)C(c2ccc(N(c3ccccc3)c3ccccc3)cc2)=C(Sc2ccc3ccccc3c2)c2ccccc21. The normalized spacial score (nSPS) is 13.8. The summed E-state index contributed by atoms with van der Waals surface area (Å²) in [5.74, 6) is 0. The zero-order chi connectivity index (χ0) is 27.8. The average molecular weight is 568 g/mol. The van der Waals surface area contributed by atoms with Crippen molar-refractivity contribution >= 4 is 59.2 Å². The van der Waals surface area contributed by atoms with Crippen LogP contribution in [0.3, 0.4) is 0 Å². The van der Waals surface area contributed by atoms with Gasteiger partial charge in [-0.15, -0.1) is 0 Å². The molecule has 0 aromatic heterocycles. The maximum atomic E-state index is 14.0. The van der Waals surface area contributed by atoms with Crippen LogP contribution in [0.4, 0.5) is 17.1 Å². The second kappa shape index (κ2) is 10.4. The zero-order valence-electron chi connectivity index (χ0n) is 22.0. The summed E-state index contributed by atoms with van der Waals surface area (Å²) in [5, 5.41) is 2.28. The highest BCUT2D eigenvalue weighted by Crippen LogP contribution is 2.51. The van der Waals surface area contributed by atoms with Crippen LogP contribution in [0.1, 0.15) is 11.1 Å². The van der Waals surface area contributed by atoms with Crippen molar-refractivity contribution in [2.75, 3.05) is 4.90 Å². The van der Waals surface area contributed by atoms with E-state index in [0.29, 0.717) is 15.4 Å². The number of anilines is 3. The lowest BCUT2D eigenvalue weighted by Gasteiger charge is -2.25. The molecule has 5 heteroatoms. The van der Waals surface area contributed by atoms with E-state index in [-0.39, 0.29) is 0 Å². The second-order valence-corrected chi connectivity index (χ2v) is 12.8. The number of fused-ring (bicyclic) bond motifs is 2. The largest absolute Gasteiger partial charge is 0.311 e. The molecule has 7 rings (SSSR count). The summed E-state index contributed by atoms with van der Waals surface area (Å²) in [6, 6.07) is 50.0. The number of hydrogen-bond donors (Lipinski definition) is 0. The number of benzene rings is 6. The van der Waals surface area contributed by atoms with Gasteiger partial charge in [-0.2, -0.15) is 0 Å². The van der Waals surface area contributed by atoms with Crippen LogP contribution >= 0.6 is 11.8 Å². The summed E-state index contributed by atoms with van der Waals surface area (Å²) in [4.78, 5) is 4.64. The molecule has 0 radical (unpaired) electrons. The number of hydrogen-bond acceptors (Lipinski definition) is 4. The summed E-state index contributed by atoms with van der Waals surface area (Å²) in [6.45, 7) is 0. The third-order valence-electron chi connectivity index (χ3n) is 7.25. The van der Waals surface area contributed by atoms with E-state index in [0.717, 1.165) is 43.2 Å². The first-order valence-corrected chi connectivity index (χ1v) is 15.7.